The lowest BCUT2D eigenvalue weighted by Crippen LogP contribution is -2.42. The van der Waals surface area contributed by atoms with Gasteiger partial charge in [-0.3, -0.25) is 4.79 Å². The van der Waals surface area contributed by atoms with E-state index >= 15 is 0 Å². The fourth-order valence-electron chi connectivity index (χ4n) is 3.42. The summed E-state index contributed by atoms with van der Waals surface area (Å²) in [5, 5.41) is 0. The zero-order valence-electron chi connectivity index (χ0n) is 14.1. The van der Waals surface area contributed by atoms with E-state index < -0.39 is 0 Å². The molecule has 25 heavy (non-hydrogen) atoms. The Morgan fingerprint density at radius 1 is 1.04 bits per heavy atom. The number of likely N-dealkylation sites (tertiary alicyclic amines) is 1. The molecule has 7 heteroatoms. The summed E-state index contributed by atoms with van der Waals surface area (Å²) in [6.07, 6.45) is 1.83. The van der Waals surface area contributed by atoms with Crippen LogP contribution >= 0.6 is 11.8 Å². The maximum Gasteiger partial charge on any atom is 0.232 e. The van der Waals surface area contributed by atoms with E-state index in [1.807, 2.05) is 23.1 Å². The Hall–Kier alpha value is -1.44. The Morgan fingerprint density at radius 2 is 1.76 bits per heavy atom. The Bertz CT molecular complexity index is 611. The molecule has 3 aliphatic heterocycles. The molecule has 0 atom stereocenters. The Kier molecular flexibility index (Phi) is 5.33. The molecular formula is C18H23NO5S. The van der Waals surface area contributed by atoms with Crippen molar-refractivity contribution in [1.29, 1.82) is 0 Å². The van der Waals surface area contributed by atoms with Gasteiger partial charge in [0, 0.05) is 23.9 Å². The molecule has 2 fully saturated rings. The van der Waals surface area contributed by atoms with Crippen LogP contribution < -0.4 is 9.47 Å². The van der Waals surface area contributed by atoms with Crippen LogP contribution in [0, 0.1) is 5.92 Å². The molecule has 3 heterocycles. The number of amides is 1. The number of thioether (sulfide) groups is 1. The summed E-state index contributed by atoms with van der Waals surface area (Å²) in [5.74, 6) is 2.59. The maximum atomic E-state index is 12.5. The Morgan fingerprint density at radius 3 is 2.52 bits per heavy atom. The van der Waals surface area contributed by atoms with Crippen molar-refractivity contribution >= 4 is 17.7 Å². The summed E-state index contributed by atoms with van der Waals surface area (Å²) in [6, 6.07) is 5.84. The van der Waals surface area contributed by atoms with Crippen LogP contribution in [0.2, 0.25) is 0 Å². The molecule has 0 saturated carbocycles. The highest BCUT2D eigenvalue weighted by molar-refractivity contribution is 8.00. The smallest absolute Gasteiger partial charge is 0.232 e. The van der Waals surface area contributed by atoms with E-state index in [2.05, 4.69) is 0 Å². The lowest BCUT2D eigenvalue weighted by atomic mass is 9.96. The second-order valence-corrected chi connectivity index (χ2v) is 7.47. The summed E-state index contributed by atoms with van der Waals surface area (Å²) in [5.41, 5.74) is 0. The fourth-order valence-corrected chi connectivity index (χ4v) is 4.25. The monoisotopic (exact) mass is 365 g/mol. The molecule has 0 N–H and O–H groups in total. The molecule has 3 aliphatic rings. The first kappa shape index (κ1) is 17.0. The van der Waals surface area contributed by atoms with Gasteiger partial charge >= 0.3 is 0 Å². The standard InChI is InChI=1S/C18H23NO5S/c20-17(19-5-3-13(4-6-19)18-23-9-10-24-18)12-25-14-1-2-15-16(11-14)22-8-7-21-15/h1-2,11,13,18H,3-10,12H2. The fraction of sp³-hybridized carbons (Fsp3) is 0.611. The molecular weight excluding hydrogens is 342 g/mol. The number of hydrogen-bond acceptors (Lipinski definition) is 6. The molecule has 0 radical (unpaired) electrons. The van der Waals surface area contributed by atoms with Crippen LogP contribution in [0.1, 0.15) is 12.8 Å². The van der Waals surface area contributed by atoms with E-state index in [9.17, 15) is 4.79 Å². The van der Waals surface area contributed by atoms with E-state index in [0.29, 0.717) is 38.1 Å². The third kappa shape index (κ3) is 4.04. The van der Waals surface area contributed by atoms with Crippen LogP contribution in [-0.2, 0) is 14.3 Å². The highest BCUT2D eigenvalue weighted by Gasteiger charge is 2.31. The molecule has 6 nitrogen and oxygen atoms in total. The molecule has 136 valence electrons. The first-order valence-electron chi connectivity index (χ1n) is 8.83. The van der Waals surface area contributed by atoms with Crippen molar-refractivity contribution < 1.29 is 23.7 Å². The largest absolute Gasteiger partial charge is 0.486 e. The van der Waals surface area contributed by atoms with Crippen molar-refractivity contribution in [2.75, 3.05) is 45.3 Å². The maximum absolute atomic E-state index is 12.5. The average Bonchev–Trinajstić information content (AvgIpc) is 3.21. The summed E-state index contributed by atoms with van der Waals surface area (Å²) in [7, 11) is 0. The normalized spacial score (nSPS) is 21.5. The lowest BCUT2D eigenvalue weighted by Gasteiger charge is -2.33. The number of piperidine rings is 1. The molecule has 2 saturated heterocycles. The number of hydrogen-bond donors (Lipinski definition) is 0. The van der Waals surface area contributed by atoms with Gasteiger partial charge in [0.1, 0.15) is 13.2 Å². The molecule has 0 aromatic heterocycles. The first-order chi connectivity index (χ1) is 12.3. The second-order valence-electron chi connectivity index (χ2n) is 6.42. The van der Waals surface area contributed by atoms with E-state index in [-0.39, 0.29) is 12.2 Å². The zero-order valence-corrected chi connectivity index (χ0v) is 15.0. The second kappa shape index (κ2) is 7.85. The molecule has 0 aliphatic carbocycles. The van der Waals surface area contributed by atoms with E-state index in [4.69, 9.17) is 18.9 Å². The molecule has 0 unspecified atom stereocenters. The zero-order chi connectivity index (χ0) is 17.1. The van der Waals surface area contributed by atoms with Gasteiger partial charge in [0.15, 0.2) is 17.8 Å². The van der Waals surface area contributed by atoms with Gasteiger partial charge in [-0.2, -0.15) is 0 Å². The first-order valence-corrected chi connectivity index (χ1v) is 9.81. The summed E-state index contributed by atoms with van der Waals surface area (Å²) >= 11 is 1.54. The minimum absolute atomic E-state index is 0.0654. The van der Waals surface area contributed by atoms with Crippen molar-refractivity contribution in [2.45, 2.75) is 24.0 Å². The molecule has 1 amide bonds. The van der Waals surface area contributed by atoms with Crippen LogP contribution in [0.4, 0.5) is 0 Å². The van der Waals surface area contributed by atoms with Crippen LogP contribution in [0.5, 0.6) is 11.5 Å². The van der Waals surface area contributed by atoms with Crippen LogP contribution in [-0.4, -0.2) is 62.4 Å². The number of carbonyl (C=O) groups is 1. The predicted molar refractivity (Wildman–Crippen MR) is 93.2 cm³/mol. The van der Waals surface area contributed by atoms with Gasteiger partial charge in [0.05, 0.1) is 19.0 Å². The van der Waals surface area contributed by atoms with E-state index in [1.165, 1.54) is 0 Å². The van der Waals surface area contributed by atoms with Gasteiger partial charge in [-0.05, 0) is 31.0 Å². The van der Waals surface area contributed by atoms with Gasteiger partial charge in [0.25, 0.3) is 0 Å². The van der Waals surface area contributed by atoms with Gasteiger partial charge in [-0.1, -0.05) is 0 Å². The number of benzene rings is 1. The number of ether oxygens (including phenoxy) is 4. The molecule has 0 spiro atoms. The van der Waals surface area contributed by atoms with Gasteiger partial charge in [-0.25, -0.2) is 0 Å². The number of nitrogens with zero attached hydrogens (tertiary/aromatic N) is 1. The van der Waals surface area contributed by atoms with Crippen molar-refractivity contribution in [3.05, 3.63) is 18.2 Å². The Labute approximate surface area is 151 Å². The van der Waals surface area contributed by atoms with Gasteiger partial charge < -0.3 is 23.8 Å². The molecule has 0 bridgehead atoms. The summed E-state index contributed by atoms with van der Waals surface area (Å²) in [4.78, 5) is 15.5. The summed E-state index contributed by atoms with van der Waals surface area (Å²) in [6.45, 7) is 4.11. The number of carbonyl (C=O) groups excluding carboxylic acids is 1. The van der Waals surface area contributed by atoms with Crippen LogP contribution in [0.25, 0.3) is 0 Å². The van der Waals surface area contributed by atoms with Crippen molar-refractivity contribution in [2.24, 2.45) is 5.92 Å². The minimum atomic E-state index is -0.0654. The van der Waals surface area contributed by atoms with E-state index in [0.717, 1.165) is 42.3 Å². The van der Waals surface area contributed by atoms with E-state index in [1.54, 1.807) is 11.8 Å². The number of fused-ring (bicyclic) bond motifs is 1. The molecule has 1 aromatic carbocycles. The van der Waals surface area contributed by atoms with Crippen molar-refractivity contribution in [1.82, 2.24) is 4.90 Å². The molecule has 1 aromatic rings. The summed E-state index contributed by atoms with van der Waals surface area (Å²) < 4.78 is 22.3. The third-order valence-electron chi connectivity index (χ3n) is 4.80. The number of rotatable bonds is 4. The molecule has 4 rings (SSSR count). The third-order valence-corrected chi connectivity index (χ3v) is 5.78. The highest BCUT2D eigenvalue weighted by Crippen LogP contribution is 2.34. The topological polar surface area (TPSA) is 57.2 Å². The van der Waals surface area contributed by atoms with Crippen molar-refractivity contribution in [3.63, 3.8) is 0 Å². The average molecular weight is 365 g/mol. The highest BCUT2D eigenvalue weighted by atomic mass is 32.2. The lowest BCUT2D eigenvalue weighted by molar-refractivity contribution is -0.134. The quantitative estimate of drug-likeness (QED) is 0.762. The van der Waals surface area contributed by atoms with Crippen LogP contribution in [0.3, 0.4) is 0 Å². The van der Waals surface area contributed by atoms with Crippen LogP contribution in [0.15, 0.2) is 23.1 Å². The van der Waals surface area contributed by atoms with Gasteiger partial charge in [-0.15, -0.1) is 11.8 Å². The minimum Gasteiger partial charge on any atom is -0.486 e. The Balaban J connectivity index is 1.25. The predicted octanol–water partition coefficient (Wildman–Crippen LogP) is 2.16. The van der Waals surface area contributed by atoms with Crippen molar-refractivity contribution in [3.8, 4) is 11.5 Å². The van der Waals surface area contributed by atoms with Gasteiger partial charge in [0.2, 0.25) is 5.91 Å². The SMILES string of the molecule is O=C(CSc1ccc2c(c1)OCCO2)N1CCC(C2OCCO2)CC1.